The lowest BCUT2D eigenvalue weighted by atomic mass is 9.85. The number of hydrogen-bond acceptors (Lipinski definition) is 3. The molecule has 1 aromatic carbocycles. The zero-order valence-corrected chi connectivity index (χ0v) is 11.2. The first kappa shape index (κ1) is 13.9. The van der Waals surface area contributed by atoms with Crippen LogP contribution in [0.5, 0.6) is 5.75 Å². The van der Waals surface area contributed by atoms with E-state index in [-0.39, 0.29) is 17.9 Å². The number of benzene rings is 1. The molecule has 1 amide bonds. The largest absolute Gasteiger partial charge is 0.492 e. The van der Waals surface area contributed by atoms with E-state index in [4.69, 9.17) is 10.5 Å². The van der Waals surface area contributed by atoms with E-state index >= 15 is 0 Å². The Bertz CT molecular complexity index is 394. The zero-order chi connectivity index (χ0) is 13.5. The number of rotatable bonds is 5. The second-order valence-corrected chi connectivity index (χ2v) is 5.08. The lowest BCUT2D eigenvalue weighted by Gasteiger charge is -2.25. The van der Waals surface area contributed by atoms with Crippen LogP contribution in [0.2, 0.25) is 0 Å². The molecule has 0 heterocycles. The highest BCUT2D eigenvalue weighted by Gasteiger charge is 2.24. The Kier molecular flexibility index (Phi) is 5.21. The first-order valence-electron chi connectivity index (χ1n) is 6.97. The lowest BCUT2D eigenvalue weighted by molar-refractivity contribution is -0.126. The summed E-state index contributed by atoms with van der Waals surface area (Å²) in [6.07, 6.45) is 3.87. The van der Waals surface area contributed by atoms with E-state index in [0.29, 0.717) is 13.2 Å². The minimum Gasteiger partial charge on any atom is -0.492 e. The summed E-state index contributed by atoms with van der Waals surface area (Å²) in [5, 5.41) is 2.92. The third kappa shape index (κ3) is 4.56. The first-order valence-corrected chi connectivity index (χ1v) is 6.97. The van der Waals surface area contributed by atoms with E-state index in [1.165, 1.54) is 0 Å². The van der Waals surface area contributed by atoms with Gasteiger partial charge in [-0.15, -0.1) is 0 Å². The number of para-hydroxylation sites is 1. The summed E-state index contributed by atoms with van der Waals surface area (Å²) in [7, 11) is 0. The van der Waals surface area contributed by atoms with Crippen LogP contribution in [0, 0.1) is 5.92 Å². The third-order valence-electron chi connectivity index (χ3n) is 3.50. The van der Waals surface area contributed by atoms with Gasteiger partial charge in [0, 0.05) is 12.0 Å². The average Bonchev–Trinajstić information content (AvgIpc) is 2.44. The van der Waals surface area contributed by atoms with Crippen LogP contribution in [-0.2, 0) is 4.79 Å². The molecule has 19 heavy (non-hydrogen) atoms. The van der Waals surface area contributed by atoms with Crippen LogP contribution in [0.4, 0.5) is 0 Å². The highest BCUT2D eigenvalue weighted by atomic mass is 16.5. The van der Waals surface area contributed by atoms with E-state index in [0.717, 1.165) is 31.4 Å². The van der Waals surface area contributed by atoms with Crippen LogP contribution >= 0.6 is 0 Å². The summed E-state index contributed by atoms with van der Waals surface area (Å²) in [4.78, 5) is 11.9. The van der Waals surface area contributed by atoms with Crippen molar-refractivity contribution in [3.8, 4) is 5.75 Å². The van der Waals surface area contributed by atoms with Crippen molar-refractivity contribution in [2.75, 3.05) is 13.2 Å². The van der Waals surface area contributed by atoms with E-state index in [1.807, 2.05) is 30.3 Å². The molecule has 0 aromatic heterocycles. The van der Waals surface area contributed by atoms with Gasteiger partial charge in [0.25, 0.3) is 0 Å². The molecule has 4 heteroatoms. The normalized spacial score (nSPS) is 22.8. The maximum atomic E-state index is 11.9. The molecule has 1 aliphatic rings. The highest BCUT2D eigenvalue weighted by molar-refractivity contribution is 5.78. The van der Waals surface area contributed by atoms with E-state index in [2.05, 4.69) is 5.32 Å². The quantitative estimate of drug-likeness (QED) is 0.794. The number of ether oxygens (including phenoxy) is 1. The second-order valence-electron chi connectivity index (χ2n) is 5.08. The third-order valence-corrected chi connectivity index (χ3v) is 3.50. The molecule has 104 valence electrons. The monoisotopic (exact) mass is 262 g/mol. The predicted octanol–water partition coefficient (Wildman–Crippen LogP) is 1.70. The van der Waals surface area contributed by atoms with Crippen LogP contribution in [0.15, 0.2) is 30.3 Å². The van der Waals surface area contributed by atoms with Crippen molar-refractivity contribution < 1.29 is 9.53 Å². The van der Waals surface area contributed by atoms with Gasteiger partial charge in [-0.2, -0.15) is 0 Å². The molecule has 1 aliphatic carbocycles. The molecule has 1 aromatic rings. The number of nitrogens with two attached hydrogens (primary N) is 1. The number of carbonyl (C=O) groups is 1. The van der Waals surface area contributed by atoms with Crippen molar-refractivity contribution in [3.05, 3.63) is 30.3 Å². The SMILES string of the molecule is NC1CCCC(C(=O)NCCOc2ccccc2)C1. The van der Waals surface area contributed by atoms with Crippen molar-refractivity contribution in [3.63, 3.8) is 0 Å². The standard InChI is InChI=1S/C15H22N2O2/c16-13-6-4-5-12(11-13)15(18)17-9-10-19-14-7-2-1-3-8-14/h1-3,7-8,12-13H,4-6,9-11,16H2,(H,17,18). The van der Waals surface area contributed by atoms with Gasteiger partial charge in [0.05, 0.1) is 6.54 Å². The molecule has 1 saturated carbocycles. The smallest absolute Gasteiger partial charge is 0.223 e. The summed E-state index contributed by atoms with van der Waals surface area (Å²) < 4.78 is 5.53. The summed E-state index contributed by atoms with van der Waals surface area (Å²) in [5.41, 5.74) is 5.89. The van der Waals surface area contributed by atoms with Crippen molar-refractivity contribution in [1.82, 2.24) is 5.32 Å². The Balaban J connectivity index is 1.64. The minimum atomic E-state index is 0.0838. The molecule has 3 N–H and O–H groups in total. The van der Waals surface area contributed by atoms with Crippen LogP contribution in [0.1, 0.15) is 25.7 Å². The van der Waals surface area contributed by atoms with Crippen molar-refractivity contribution in [2.45, 2.75) is 31.7 Å². The van der Waals surface area contributed by atoms with Crippen LogP contribution in [-0.4, -0.2) is 25.1 Å². The molecule has 0 bridgehead atoms. The number of carbonyl (C=O) groups excluding carboxylic acids is 1. The van der Waals surface area contributed by atoms with Crippen molar-refractivity contribution in [2.24, 2.45) is 11.7 Å². The summed E-state index contributed by atoms with van der Waals surface area (Å²) in [6.45, 7) is 1.04. The van der Waals surface area contributed by atoms with E-state index in [1.54, 1.807) is 0 Å². The van der Waals surface area contributed by atoms with E-state index < -0.39 is 0 Å². The van der Waals surface area contributed by atoms with Crippen LogP contribution < -0.4 is 15.8 Å². The predicted molar refractivity (Wildman–Crippen MR) is 74.9 cm³/mol. The molecule has 2 rings (SSSR count). The molecule has 0 radical (unpaired) electrons. The summed E-state index contributed by atoms with van der Waals surface area (Å²) in [6, 6.07) is 9.80. The molecular formula is C15H22N2O2. The molecule has 2 unspecified atom stereocenters. The highest BCUT2D eigenvalue weighted by Crippen LogP contribution is 2.22. The van der Waals surface area contributed by atoms with Gasteiger partial charge in [0.1, 0.15) is 12.4 Å². The van der Waals surface area contributed by atoms with Gasteiger partial charge in [-0.25, -0.2) is 0 Å². The Hall–Kier alpha value is -1.55. The van der Waals surface area contributed by atoms with Crippen molar-refractivity contribution in [1.29, 1.82) is 0 Å². The molecule has 0 aliphatic heterocycles. The summed E-state index contributed by atoms with van der Waals surface area (Å²) >= 11 is 0. The molecule has 1 fully saturated rings. The Labute approximate surface area is 114 Å². The average molecular weight is 262 g/mol. The van der Waals surface area contributed by atoms with Gasteiger partial charge in [-0.3, -0.25) is 4.79 Å². The van der Waals surface area contributed by atoms with Crippen LogP contribution in [0.3, 0.4) is 0 Å². The molecule has 0 spiro atoms. The van der Waals surface area contributed by atoms with Gasteiger partial charge in [-0.05, 0) is 31.4 Å². The number of hydrogen-bond donors (Lipinski definition) is 2. The van der Waals surface area contributed by atoms with Gasteiger partial charge in [0.2, 0.25) is 5.91 Å². The first-order chi connectivity index (χ1) is 9.25. The Morgan fingerprint density at radius 2 is 2.11 bits per heavy atom. The van der Waals surface area contributed by atoms with Gasteiger partial charge in [-0.1, -0.05) is 24.6 Å². The maximum Gasteiger partial charge on any atom is 0.223 e. The van der Waals surface area contributed by atoms with Gasteiger partial charge < -0.3 is 15.8 Å². The molecule has 4 nitrogen and oxygen atoms in total. The lowest BCUT2D eigenvalue weighted by Crippen LogP contribution is -2.39. The molecule has 2 atom stereocenters. The fourth-order valence-electron chi connectivity index (χ4n) is 2.47. The van der Waals surface area contributed by atoms with E-state index in [9.17, 15) is 4.79 Å². The fourth-order valence-corrected chi connectivity index (χ4v) is 2.47. The minimum absolute atomic E-state index is 0.0838. The number of nitrogens with one attached hydrogen (secondary N) is 1. The summed E-state index contributed by atoms with van der Waals surface area (Å²) in [5.74, 6) is 1.03. The Morgan fingerprint density at radius 1 is 1.32 bits per heavy atom. The van der Waals surface area contributed by atoms with Gasteiger partial charge in [0.15, 0.2) is 0 Å². The van der Waals surface area contributed by atoms with Crippen molar-refractivity contribution >= 4 is 5.91 Å². The fraction of sp³-hybridized carbons (Fsp3) is 0.533. The van der Waals surface area contributed by atoms with Crippen LogP contribution in [0.25, 0.3) is 0 Å². The zero-order valence-electron chi connectivity index (χ0n) is 11.2. The topological polar surface area (TPSA) is 64.4 Å². The van der Waals surface area contributed by atoms with Gasteiger partial charge >= 0.3 is 0 Å². The maximum absolute atomic E-state index is 11.9. The molecule has 0 saturated heterocycles. The second kappa shape index (κ2) is 7.14. The number of amides is 1. The molecular weight excluding hydrogens is 240 g/mol. The Morgan fingerprint density at radius 3 is 2.84 bits per heavy atom.